The van der Waals surface area contributed by atoms with Gasteiger partial charge in [-0.25, -0.2) is 8.42 Å². The number of nitrogens with one attached hydrogen (secondary N) is 1. The van der Waals surface area contributed by atoms with E-state index < -0.39 is 9.84 Å². The van der Waals surface area contributed by atoms with Gasteiger partial charge in [-0.1, -0.05) is 13.8 Å². The Labute approximate surface area is 112 Å². The highest BCUT2D eigenvalue weighted by molar-refractivity contribution is 7.91. The maximum Gasteiger partial charge on any atom is 0.151 e. The molecule has 2 atom stereocenters. The summed E-state index contributed by atoms with van der Waals surface area (Å²) in [7, 11) is -0.615. The molecule has 0 aromatic heterocycles. The van der Waals surface area contributed by atoms with E-state index in [1.807, 2.05) is 0 Å². The van der Waals surface area contributed by atoms with Crippen LogP contribution in [0, 0.1) is 5.92 Å². The second-order valence-electron chi connectivity index (χ2n) is 6.01. The predicted molar refractivity (Wildman–Crippen MR) is 76.6 cm³/mol. The van der Waals surface area contributed by atoms with Gasteiger partial charge in [-0.05, 0) is 32.7 Å². The number of hydrogen-bond acceptors (Lipinski definition) is 4. The average molecular weight is 276 g/mol. The summed E-state index contributed by atoms with van der Waals surface area (Å²) < 4.78 is 22.6. The smallest absolute Gasteiger partial charge is 0.151 e. The van der Waals surface area contributed by atoms with E-state index in [1.54, 1.807) is 0 Å². The van der Waals surface area contributed by atoms with Crippen molar-refractivity contribution in [2.75, 3.05) is 31.6 Å². The summed E-state index contributed by atoms with van der Waals surface area (Å²) in [5.74, 6) is 1.39. The van der Waals surface area contributed by atoms with E-state index in [2.05, 4.69) is 38.0 Å². The largest absolute Gasteiger partial charge is 0.312 e. The zero-order valence-corrected chi connectivity index (χ0v) is 13.0. The lowest BCUT2D eigenvalue weighted by molar-refractivity contribution is 0.226. The molecule has 1 rings (SSSR count). The predicted octanol–water partition coefficient (Wildman–Crippen LogP) is 1.13. The quantitative estimate of drug-likeness (QED) is 0.757. The molecule has 0 spiro atoms. The number of hydrogen-bond donors (Lipinski definition) is 1. The molecular formula is C13H28N2O2S. The molecule has 1 saturated heterocycles. The molecule has 0 saturated carbocycles. The third-order valence-corrected chi connectivity index (χ3v) is 5.46. The van der Waals surface area contributed by atoms with Crippen molar-refractivity contribution in [2.24, 2.45) is 5.92 Å². The summed E-state index contributed by atoms with van der Waals surface area (Å²) in [6.07, 6.45) is 1.97. The Balaban J connectivity index is 2.18. The highest BCUT2D eigenvalue weighted by Crippen LogP contribution is 2.11. The minimum Gasteiger partial charge on any atom is -0.312 e. The van der Waals surface area contributed by atoms with Crippen molar-refractivity contribution in [1.82, 2.24) is 10.2 Å². The van der Waals surface area contributed by atoms with E-state index in [0.717, 1.165) is 25.4 Å². The molecular weight excluding hydrogens is 248 g/mol. The van der Waals surface area contributed by atoms with Gasteiger partial charge in [0, 0.05) is 25.2 Å². The van der Waals surface area contributed by atoms with Gasteiger partial charge in [0.25, 0.3) is 0 Å². The van der Waals surface area contributed by atoms with E-state index >= 15 is 0 Å². The Bertz CT molecular complexity index is 341. The van der Waals surface area contributed by atoms with Crippen molar-refractivity contribution in [3.8, 4) is 0 Å². The SMILES string of the molecule is CC(C)CC(C)N(C)CCNC1CCS(=O)(=O)C1. The normalized spacial score (nSPS) is 24.9. The first-order valence-corrected chi connectivity index (χ1v) is 8.76. The van der Waals surface area contributed by atoms with Gasteiger partial charge in [-0.15, -0.1) is 0 Å². The van der Waals surface area contributed by atoms with Crippen molar-refractivity contribution < 1.29 is 8.42 Å². The molecule has 0 amide bonds. The van der Waals surface area contributed by atoms with Crippen LogP contribution in [0.15, 0.2) is 0 Å². The minimum atomic E-state index is -2.75. The van der Waals surface area contributed by atoms with Crippen LogP contribution >= 0.6 is 0 Å². The van der Waals surface area contributed by atoms with Crippen LogP contribution in [-0.2, 0) is 9.84 Å². The molecule has 0 aromatic carbocycles. The Hall–Kier alpha value is -0.130. The van der Waals surface area contributed by atoms with Gasteiger partial charge < -0.3 is 10.2 Å². The van der Waals surface area contributed by atoms with Gasteiger partial charge in [0.2, 0.25) is 0 Å². The monoisotopic (exact) mass is 276 g/mol. The summed E-state index contributed by atoms with van der Waals surface area (Å²) >= 11 is 0. The van der Waals surface area contributed by atoms with Crippen molar-refractivity contribution in [2.45, 2.75) is 45.7 Å². The Morgan fingerprint density at radius 3 is 2.50 bits per heavy atom. The molecule has 18 heavy (non-hydrogen) atoms. The highest BCUT2D eigenvalue weighted by atomic mass is 32.2. The standard InChI is InChI=1S/C13H28N2O2S/c1-11(2)9-12(3)15(4)7-6-14-13-5-8-18(16,17)10-13/h11-14H,5-10H2,1-4H3. The van der Waals surface area contributed by atoms with Gasteiger partial charge in [-0.3, -0.25) is 0 Å². The van der Waals surface area contributed by atoms with E-state index in [4.69, 9.17) is 0 Å². The number of nitrogens with zero attached hydrogens (tertiary/aromatic N) is 1. The molecule has 1 fully saturated rings. The van der Waals surface area contributed by atoms with Crippen molar-refractivity contribution in [3.05, 3.63) is 0 Å². The molecule has 0 aliphatic carbocycles. The van der Waals surface area contributed by atoms with Gasteiger partial charge in [-0.2, -0.15) is 0 Å². The van der Waals surface area contributed by atoms with Crippen molar-refractivity contribution >= 4 is 9.84 Å². The van der Waals surface area contributed by atoms with Crippen LogP contribution in [0.4, 0.5) is 0 Å². The molecule has 0 radical (unpaired) electrons. The Morgan fingerprint density at radius 1 is 1.33 bits per heavy atom. The molecule has 1 aliphatic rings. The second-order valence-corrected chi connectivity index (χ2v) is 8.24. The molecule has 1 heterocycles. The van der Waals surface area contributed by atoms with Crippen molar-refractivity contribution in [1.29, 1.82) is 0 Å². The number of sulfone groups is 1. The van der Waals surface area contributed by atoms with Crippen LogP contribution < -0.4 is 5.32 Å². The van der Waals surface area contributed by atoms with Crippen LogP contribution in [0.2, 0.25) is 0 Å². The van der Waals surface area contributed by atoms with Crippen molar-refractivity contribution in [3.63, 3.8) is 0 Å². The Morgan fingerprint density at radius 2 is 2.00 bits per heavy atom. The molecule has 108 valence electrons. The minimum absolute atomic E-state index is 0.170. The zero-order valence-electron chi connectivity index (χ0n) is 12.1. The summed E-state index contributed by atoms with van der Waals surface area (Å²) in [6, 6.07) is 0.753. The average Bonchev–Trinajstić information content (AvgIpc) is 2.57. The lowest BCUT2D eigenvalue weighted by Gasteiger charge is -2.26. The van der Waals surface area contributed by atoms with Gasteiger partial charge in [0.1, 0.15) is 0 Å². The fourth-order valence-electron chi connectivity index (χ4n) is 2.48. The third-order valence-electron chi connectivity index (χ3n) is 3.69. The van der Waals surface area contributed by atoms with Crippen LogP contribution in [0.25, 0.3) is 0 Å². The van der Waals surface area contributed by atoms with Crippen LogP contribution in [-0.4, -0.2) is 57.0 Å². The molecule has 1 aliphatic heterocycles. The van der Waals surface area contributed by atoms with Gasteiger partial charge in [0.15, 0.2) is 9.84 Å². The van der Waals surface area contributed by atoms with Crippen LogP contribution in [0.5, 0.6) is 0 Å². The lowest BCUT2D eigenvalue weighted by atomic mass is 10.0. The first-order valence-electron chi connectivity index (χ1n) is 6.94. The van der Waals surface area contributed by atoms with Gasteiger partial charge >= 0.3 is 0 Å². The maximum absolute atomic E-state index is 11.3. The van der Waals surface area contributed by atoms with E-state index in [0.29, 0.717) is 17.5 Å². The third kappa shape index (κ3) is 5.67. The van der Waals surface area contributed by atoms with Crippen LogP contribution in [0.3, 0.4) is 0 Å². The van der Waals surface area contributed by atoms with Gasteiger partial charge in [0.05, 0.1) is 11.5 Å². The first kappa shape index (κ1) is 15.9. The fraction of sp³-hybridized carbons (Fsp3) is 1.00. The molecule has 2 unspecified atom stereocenters. The topological polar surface area (TPSA) is 49.4 Å². The van der Waals surface area contributed by atoms with E-state index in [1.165, 1.54) is 6.42 Å². The highest BCUT2D eigenvalue weighted by Gasteiger charge is 2.27. The molecule has 4 nitrogen and oxygen atoms in total. The number of rotatable bonds is 7. The fourth-order valence-corrected chi connectivity index (χ4v) is 4.19. The molecule has 0 bridgehead atoms. The maximum atomic E-state index is 11.3. The van der Waals surface area contributed by atoms with E-state index in [9.17, 15) is 8.42 Å². The zero-order chi connectivity index (χ0) is 13.8. The number of likely N-dealkylation sites (N-methyl/N-ethyl adjacent to an activating group) is 1. The Kier molecular flexibility index (Phi) is 6.08. The summed E-state index contributed by atoms with van der Waals surface area (Å²) in [5, 5.41) is 3.36. The lowest BCUT2D eigenvalue weighted by Crippen LogP contribution is -2.39. The summed E-state index contributed by atoms with van der Waals surface area (Å²) in [6.45, 7) is 8.58. The molecule has 5 heteroatoms. The van der Waals surface area contributed by atoms with E-state index in [-0.39, 0.29) is 6.04 Å². The first-order chi connectivity index (χ1) is 8.30. The molecule has 1 N–H and O–H groups in total. The molecule has 0 aromatic rings. The second kappa shape index (κ2) is 6.87. The van der Waals surface area contributed by atoms with Crippen LogP contribution in [0.1, 0.15) is 33.6 Å². The summed E-state index contributed by atoms with van der Waals surface area (Å²) in [4.78, 5) is 2.34. The summed E-state index contributed by atoms with van der Waals surface area (Å²) in [5.41, 5.74) is 0.